The van der Waals surface area contributed by atoms with Crippen molar-refractivity contribution in [3.63, 3.8) is 0 Å². The first-order valence-corrected chi connectivity index (χ1v) is 10.4. The molecule has 0 N–H and O–H groups in total. The van der Waals surface area contributed by atoms with Gasteiger partial charge in [0, 0.05) is 31.4 Å². The number of Topliss-reactive ketones (excluding diaryl/α,β-unsaturated/α-hetero) is 3. The monoisotopic (exact) mass is 394 g/mol. The van der Waals surface area contributed by atoms with Gasteiger partial charge in [0.2, 0.25) is 0 Å². The molecule has 1 aromatic rings. The second-order valence-electron chi connectivity index (χ2n) is 8.79. The van der Waals surface area contributed by atoms with Crippen molar-refractivity contribution >= 4 is 17.3 Å². The molecule has 0 radical (unpaired) electrons. The van der Waals surface area contributed by atoms with E-state index in [4.69, 9.17) is 4.74 Å². The van der Waals surface area contributed by atoms with Crippen LogP contribution in [0, 0.1) is 37.0 Å². The average Bonchev–Trinajstić information content (AvgIpc) is 2.64. The van der Waals surface area contributed by atoms with Crippen molar-refractivity contribution in [3.05, 3.63) is 34.4 Å². The first kappa shape index (κ1) is 21.5. The highest BCUT2D eigenvalue weighted by Crippen LogP contribution is 2.50. The molecule has 0 bridgehead atoms. The van der Waals surface area contributed by atoms with Crippen LogP contribution in [-0.4, -0.2) is 31.1 Å². The van der Waals surface area contributed by atoms with Gasteiger partial charge in [0.15, 0.2) is 5.78 Å². The minimum absolute atomic E-state index is 0.000195. The molecule has 0 aromatic heterocycles. The minimum atomic E-state index is -0.655. The lowest BCUT2D eigenvalue weighted by molar-refractivity contribution is -0.138. The molecule has 2 fully saturated rings. The molecule has 0 heterocycles. The Morgan fingerprint density at radius 1 is 1.10 bits per heavy atom. The third kappa shape index (κ3) is 4.36. The van der Waals surface area contributed by atoms with Gasteiger partial charge < -0.3 is 4.74 Å². The molecule has 1 aromatic carbocycles. The lowest BCUT2D eigenvalue weighted by Crippen LogP contribution is -2.42. The van der Waals surface area contributed by atoms with E-state index in [0.29, 0.717) is 12.8 Å². The quantitative estimate of drug-likeness (QED) is 0.570. The molecule has 1 spiro atoms. The maximum atomic E-state index is 13.2. The number of ether oxygens (including phenoxy) is 1. The standard InChI is InChI=1S/C25H30O4/c1-5-6-18-11-16(2)23(17(3)12-18)24-20(26)13-25(14-21(24)27)9-7-19(8-10-25)22(28)15-29-4/h11-12,19,24H,7-10,13-15H2,1-4H3. The van der Waals surface area contributed by atoms with Crippen LogP contribution < -0.4 is 0 Å². The second kappa shape index (κ2) is 8.63. The molecule has 2 aliphatic rings. The average molecular weight is 395 g/mol. The Balaban J connectivity index is 1.78. The Hall–Kier alpha value is -2.25. The summed E-state index contributed by atoms with van der Waals surface area (Å²) in [6.45, 7) is 5.86. The van der Waals surface area contributed by atoms with Crippen LogP contribution in [0.4, 0.5) is 0 Å². The van der Waals surface area contributed by atoms with Crippen LogP contribution in [0.1, 0.15) is 73.6 Å². The molecule has 4 nitrogen and oxygen atoms in total. The molecule has 0 amide bonds. The Labute approximate surface area is 173 Å². The van der Waals surface area contributed by atoms with E-state index in [1.54, 1.807) is 6.92 Å². The SMILES string of the molecule is CC#Cc1cc(C)c(C2C(=O)CC3(CCC(C(=O)COC)CC3)CC2=O)c(C)c1. The molecular weight excluding hydrogens is 364 g/mol. The molecule has 154 valence electrons. The molecule has 0 unspecified atom stereocenters. The van der Waals surface area contributed by atoms with Gasteiger partial charge in [0.1, 0.15) is 24.1 Å². The van der Waals surface area contributed by atoms with Gasteiger partial charge in [-0.3, -0.25) is 14.4 Å². The van der Waals surface area contributed by atoms with Crippen LogP contribution in [0.25, 0.3) is 0 Å². The summed E-state index contributed by atoms with van der Waals surface area (Å²) in [7, 11) is 1.53. The number of carbonyl (C=O) groups is 3. The number of hydrogen-bond acceptors (Lipinski definition) is 4. The number of hydrogen-bond donors (Lipinski definition) is 0. The van der Waals surface area contributed by atoms with Crippen LogP contribution in [0.3, 0.4) is 0 Å². The zero-order chi connectivity index (χ0) is 21.2. The Kier molecular flexibility index (Phi) is 6.39. The number of ketones is 3. The zero-order valence-electron chi connectivity index (χ0n) is 17.9. The summed E-state index contributed by atoms with van der Waals surface area (Å²) < 4.78 is 4.97. The predicted octanol–water partition coefficient (Wildman–Crippen LogP) is 4.08. The van der Waals surface area contributed by atoms with Crippen LogP contribution >= 0.6 is 0 Å². The topological polar surface area (TPSA) is 60.4 Å². The largest absolute Gasteiger partial charge is 0.377 e. The minimum Gasteiger partial charge on any atom is -0.377 e. The smallest absolute Gasteiger partial charge is 0.161 e. The fourth-order valence-electron chi connectivity index (χ4n) is 5.32. The molecule has 0 saturated heterocycles. The van der Waals surface area contributed by atoms with Crippen molar-refractivity contribution in [2.75, 3.05) is 13.7 Å². The maximum absolute atomic E-state index is 13.2. The first-order chi connectivity index (χ1) is 13.8. The van der Waals surface area contributed by atoms with Gasteiger partial charge in [-0.1, -0.05) is 5.92 Å². The van der Waals surface area contributed by atoms with Gasteiger partial charge in [0.25, 0.3) is 0 Å². The molecule has 0 aliphatic heterocycles. The van der Waals surface area contributed by atoms with Crippen molar-refractivity contribution in [2.24, 2.45) is 11.3 Å². The van der Waals surface area contributed by atoms with Gasteiger partial charge in [-0.25, -0.2) is 0 Å². The number of rotatable bonds is 4. The van der Waals surface area contributed by atoms with Gasteiger partial charge in [-0.05, 0) is 80.7 Å². The molecule has 3 rings (SSSR count). The van der Waals surface area contributed by atoms with Crippen molar-refractivity contribution < 1.29 is 19.1 Å². The summed E-state index contributed by atoms with van der Waals surface area (Å²) in [5.41, 5.74) is 3.43. The summed E-state index contributed by atoms with van der Waals surface area (Å²) in [5.74, 6) is 5.49. The van der Waals surface area contributed by atoms with Gasteiger partial charge in [0.05, 0.1) is 0 Å². The van der Waals surface area contributed by atoms with E-state index in [9.17, 15) is 14.4 Å². The first-order valence-electron chi connectivity index (χ1n) is 10.4. The van der Waals surface area contributed by atoms with E-state index < -0.39 is 5.92 Å². The normalized spacial score (nSPS) is 26.9. The van der Waals surface area contributed by atoms with E-state index in [2.05, 4.69) is 11.8 Å². The van der Waals surface area contributed by atoms with Gasteiger partial charge in [-0.15, -0.1) is 5.92 Å². The number of methoxy groups -OCH3 is 1. The lowest BCUT2D eigenvalue weighted by atomic mass is 9.59. The molecule has 0 atom stereocenters. The lowest BCUT2D eigenvalue weighted by Gasteiger charge is -2.43. The van der Waals surface area contributed by atoms with Crippen molar-refractivity contribution in [2.45, 2.75) is 65.2 Å². The number of benzene rings is 1. The van der Waals surface area contributed by atoms with Crippen molar-refractivity contribution in [1.82, 2.24) is 0 Å². The van der Waals surface area contributed by atoms with E-state index in [1.165, 1.54) is 7.11 Å². The van der Waals surface area contributed by atoms with E-state index in [0.717, 1.165) is 47.9 Å². The van der Waals surface area contributed by atoms with Crippen LogP contribution in [0.15, 0.2) is 12.1 Å². The van der Waals surface area contributed by atoms with Crippen molar-refractivity contribution in [3.8, 4) is 11.8 Å². The summed E-state index contributed by atoms with van der Waals surface area (Å²) >= 11 is 0. The summed E-state index contributed by atoms with van der Waals surface area (Å²) in [4.78, 5) is 38.5. The zero-order valence-corrected chi connectivity index (χ0v) is 17.9. The highest BCUT2D eigenvalue weighted by Gasteiger charge is 2.48. The molecular formula is C25H30O4. The van der Waals surface area contributed by atoms with E-state index in [1.807, 2.05) is 26.0 Å². The maximum Gasteiger partial charge on any atom is 0.161 e. The van der Waals surface area contributed by atoms with Gasteiger partial charge >= 0.3 is 0 Å². The number of aryl methyl sites for hydroxylation is 2. The molecule has 4 heteroatoms. The molecule has 2 saturated carbocycles. The highest BCUT2D eigenvalue weighted by atomic mass is 16.5. The van der Waals surface area contributed by atoms with Crippen molar-refractivity contribution in [1.29, 1.82) is 0 Å². The molecule has 29 heavy (non-hydrogen) atoms. The van der Waals surface area contributed by atoms with Crippen LogP contribution in [0.5, 0.6) is 0 Å². The summed E-state index contributed by atoms with van der Waals surface area (Å²) in [6.07, 6.45) is 3.89. The van der Waals surface area contributed by atoms with Crippen LogP contribution in [0.2, 0.25) is 0 Å². The van der Waals surface area contributed by atoms with E-state index in [-0.39, 0.29) is 35.3 Å². The summed E-state index contributed by atoms with van der Waals surface area (Å²) in [6, 6.07) is 3.94. The Morgan fingerprint density at radius 3 is 2.14 bits per heavy atom. The Morgan fingerprint density at radius 2 is 1.66 bits per heavy atom. The van der Waals surface area contributed by atoms with E-state index >= 15 is 0 Å². The third-order valence-corrected chi connectivity index (χ3v) is 6.68. The second-order valence-corrected chi connectivity index (χ2v) is 8.79. The van der Waals surface area contributed by atoms with Crippen LogP contribution in [-0.2, 0) is 19.1 Å². The fraction of sp³-hybridized carbons (Fsp3) is 0.560. The Bertz CT molecular complexity index is 848. The predicted molar refractivity (Wildman–Crippen MR) is 112 cm³/mol. The van der Waals surface area contributed by atoms with Gasteiger partial charge in [-0.2, -0.15) is 0 Å². The molecule has 2 aliphatic carbocycles. The fourth-order valence-corrected chi connectivity index (χ4v) is 5.32. The third-order valence-electron chi connectivity index (χ3n) is 6.68. The summed E-state index contributed by atoms with van der Waals surface area (Å²) in [5, 5.41) is 0. The number of carbonyl (C=O) groups excluding carboxylic acids is 3. The highest BCUT2D eigenvalue weighted by molar-refractivity contribution is 6.10.